The van der Waals surface area contributed by atoms with Crippen molar-refractivity contribution in [2.45, 2.75) is 26.3 Å². The summed E-state index contributed by atoms with van der Waals surface area (Å²) in [5.74, 6) is -1.19. The summed E-state index contributed by atoms with van der Waals surface area (Å²) in [7, 11) is 0. The minimum atomic E-state index is -0.755. The molecule has 1 aromatic rings. The first-order chi connectivity index (χ1) is 9.53. The smallest absolute Gasteiger partial charge is 0.251 e. The van der Waals surface area contributed by atoms with E-state index in [4.69, 9.17) is 0 Å². The van der Waals surface area contributed by atoms with Gasteiger partial charge >= 0.3 is 0 Å². The molecule has 1 rings (SSSR count). The molecule has 112 valence electrons. The van der Waals surface area contributed by atoms with Crippen molar-refractivity contribution in [1.82, 2.24) is 5.32 Å². The lowest BCUT2D eigenvalue weighted by Crippen LogP contribution is -2.36. The molecular formula is C14H20F2N2OS. The molecule has 0 fully saturated rings. The third kappa shape index (κ3) is 4.37. The number of hydrogen-bond acceptors (Lipinski definition) is 3. The van der Waals surface area contributed by atoms with E-state index in [2.05, 4.69) is 10.6 Å². The number of nitrogens with one attached hydrogen (secondary N) is 2. The van der Waals surface area contributed by atoms with E-state index in [1.54, 1.807) is 18.7 Å². The van der Waals surface area contributed by atoms with Gasteiger partial charge in [0, 0.05) is 23.9 Å². The maximum absolute atomic E-state index is 13.7. The summed E-state index contributed by atoms with van der Waals surface area (Å²) in [6.45, 7) is 4.11. The largest absolute Gasteiger partial charge is 0.381 e. The molecule has 0 bridgehead atoms. The van der Waals surface area contributed by atoms with Crippen LogP contribution < -0.4 is 10.6 Å². The van der Waals surface area contributed by atoms with Gasteiger partial charge in [0.05, 0.1) is 0 Å². The van der Waals surface area contributed by atoms with Crippen LogP contribution in [0.25, 0.3) is 0 Å². The lowest BCUT2D eigenvalue weighted by atomic mass is 10.1. The molecule has 1 amide bonds. The molecule has 6 heteroatoms. The zero-order chi connectivity index (χ0) is 15.1. The van der Waals surface area contributed by atoms with Crippen LogP contribution in [0.5, 0.6) is 0 Å². The highest BCUT2D eigenvalue weighted by atomic mass is 32.2. The first kappa shape index (κ1) is 16.8. The van der Waals surface area contributed by atoms with Crippen molar-refractivity contribution >= 4 is 23.4 Å². The molecule has 20 heavy (non-hydrogen) atoms. The number of carbonyl (C=O) groups excluding carboxylic acids is 1. The zero-order valence-electron chi connectivity index (χ0n) is 11.9. The van der Waals surface area contributed by atoms with Crippen LogP contribution in [0, 0.1) is 11.6 Å². The SMILES string of the molecule is CCNc1c(F)cc(C(=O)NC(CC)CSC)cc1F. The molecule has 1 unspecified atom stereocenters. The van der Waals surface area contributed by atoms with Crippen molar-refractivity contribution in [2.24, 2.45) is 0 Å². The van der Waals surface area contributed by atoms with Gasteiger partial charge in [0.2, 0.25) is 0 Å². The minimum Gasteiger partial charge on any atom is -0.381 e. The Kier molecular flexibility index (Phi) is 6.78. The number of halogens is 2. The van der Waals surface area contributed by atoms with Gasteiger partial charge < -0.3 is 10.6 Å². The summed E-state index contributed by atoms with van der Waals surface area (Å²) >= 11 is 1.61. The maximum atomic E-state index is 13.7. The second-order valence-corrected chi connectivity index (χ2v) is 5.29. The summed E-state index contributed by atoms with van der Waals surface area (Å²) in [4.78, 5) is 12.0. The van der Waals surface area contributed by atoms with Gasteiger partial charge in [-0.3, -0.25) is 4.79 Å². The normalized spacial score (nSPS) is 12.1. The second-order valence-electron chi connectivity index (χ2n) is 4.38. The molecule has 3 nitrogen and oxygen atoms in total. The molecule has 0 radical (unpaired) electrons. The van der Waals surface area contributed by atoms with Gasteiger partial charge in [-0.25, -0.2) is 8.78 Å². The molecule has 2 N–H and O–H groups in total. The van der Waals surface area contributed by atoms with Crippen LogP contribution in [-0.2, 0) is 0 Å². The Balaban J connectivity index is 2.88. The first-order valence-electron chi connectivity index (χ1n) is 6.56. The summed E-state index contributed by atoms with van der Waals surface area (Å²) in [5, 5.41) is 5.37. The van der Waals surface area contributed by atoms with Crippen LogP contribution in [0.15, 0.2) is 12.1 Å². The number of amides is 1. The van der Waals surface area contributed by atoms with Crippen molar-refractivity contribution in [3.8, 4) is 0 Å². The van der Waals surface area contributed by atoms with E-state index in [1.165, 1.54) is 0 Å². The van der Waals surface area contributed by atoms with E-state index in [-0.39, 0.29) is 17.3 Å². The quantitative estimate of drug-likeness (QED) is 0.812. The Hall–Kier alpha value is -1.30. The molecule has 0 aromatic heterocycles. The van der Waals surface area contributed by atoms with Crippen LogP contribution in [0.4, 0.5) is 14.5 Å². The third-order valence-corrected chi connectivity index (χ3v) is 3.59. The van der Waals surface area contributed by atoms with Crippen LogP contribution in [0.1, 0.15) is 30.6 Å². The van der Waals surface area contributed by atoms with E-state index in [0.717, 1.165) is 24.3 Å². The van der Waals surface area contributed by atoms with E-state index in [9.17, 15) is 13.6 Å². The number of anilines is 1. The van der Waals surface area contributed by atoms with Gasteiger partial charge in [0.25, 0.3) is 5.91 Å². The van der Waals surface area contributed by atoms with Crippen molar-refractivity contribution < 1.29 is 13.6 Å². The average Bonchev–Trinajstić information content (AvgIpc) is 2.41. The molecule has 0 aliphatic rings. The van der Waals surface area contributed by atoms with E-state index < -0.39 is 17.5 Å². The molecular weight excluding hydrogens is 282 g/mol. The van der Waals surface area contributed by atoms with E-state index >= 15 is 0 Å². The van der Waals surface area contributed by atoms with Crippen molar-refractivity contribution in [2.75, 3.05) is 23.9 Å². The number of rotatable bonds is 7. The van der Waals surface area contributed by atoms with Crippen LogP contribution >= 0.6 is 11.8 Å². The molecule has 0 saturated heterocycles. The summed E-state index contributed by atoms with van der Waals surface area (Å²) < 4.78 is 27.5. The maximum Gasteiger partial charge on any atom is 0.251 e. The highest BCUT2D eigenvalue weighted by Crippen LogP contribution is 2.20. The fraction of sp³-hybridized carbons (Fsp3) is 0.500. The lowest BCUT2D eigenvalue weighted by molar-refractivity contribution is 0.0939. The van der Waals surface area contributed by atoms with Crippen molar-refractivity contribution in [1.29, 1.82) is 0 Å². The highest BCUT2D eigenvalue weighted by Gasteiger charge is 2.17. The van der Waals surface area contributed by atoms with Crippen LogP contribution in [0.3, 0.4) is 0 Å². The molecule has 0 aliphatic heterocycles. The standard InChI is InChI=1S/C14H20F2N2OS/c1-4-10(8-20-3)18-14(19)9-6-11(15)13(17-5-2)12(16)7-9/h6-7,10,17H,4-5,8H2,1-3H3,(H,18,19). The number of thioether (sulfide) groups is 1. The Labute approximate surface area is 122 Å². The predicted octanol–water partition coefficient (Wildman–Crippen LogP) is 3.27. The molecule has 1 atom stereocenters. The van der Waals surface area contributed by atoms with Gasteiger partial charge in [-0.1, -0.05) is 6.92 Å². The zero-order valence-corrected chi connectivity index (χ0v) is 12.7. The Morgan fingerprint density at radius 3 is 2.35 bits per heavy atom. The fourth-order valence-corrected chi connectivity index (χ4v) is 2.50. The Bertz CT molecular complexity index is 445. The van der Waals surface area contributed by atoms with Gasteiger partial charge in [0.15, 0.2) is 0 Å². The Morgan fingerprint density at radius 2 is 1.90 bits per heavy atom. The van der Waals surface area contributed by atoms with Crippen molar-refractivity contribution in [3.63, 3.8) is 0 Å². The highest BCUT2D eigenvalue weighted by molar-refractivity contribution is 7.98. The average molecular weight is 302 g/mol. The van der Waals surface area contributed by atoms with E-state index in [1.807, 2.05) is 13.2 Å². The number of carbonyl (C=O) groups is 1. The molecule has 0 saturated carbocycles. The van der Waals surface area contributed by atoms with Gasteiger partial charge in [-0.15, -0.1) is 0 Å². The first-order valence-corrected chi connectivity index (χ1v) is 7.95. The molecule has 0 spiro atoms. The summed E-state index contributed by atoms with van der Waals surface area (Å²) in [5.41, 5.74) is -0.193. The van der Waals surface area contributed by atoms with Gasteiger partial charge in [0.1, 0.15) is 17.3 Å². The number of hydrogen-bond donors (Lipinski definition) is 2. The van der Waals surface area contributed by atoms with Crippen LogP contribution in [0.2, 0.25) is 0 Å². The predicted molar refractivity (Wildman–Crippen MR) is 80.4 cm³/mol. The molecule has 0 heterocycles. The summed E-state index contributed by atoms with van der Waals surface area (Å²) in [6, 6.07) is 2.11. The second kappa shape index (κ2) is 8.09. The topological polar surface area (TPSA) is 41.1 Å². The lowest BCUT2D eigenvalue weighted by Gasteiger charge is -2.16. The van der Waals surface area contributed by atoms with Gasteiger partial charge in [-0.05, 0) is 31.7 Å². The number of benzene rings is 1. The molecule has 1 aromatic carbocycles. The minimum absolute atomic E-state index is 0.00112. The van der Waals surface area contributed by atoms with Crippen LogP contribution in [-0.4, -0.2) is 30.5 Å². The van der Waals surface area contributed by atoms with E-state index in [0.29, 0.717) is 6.54 Å². The van der Waals surface area contributed by atoms with Gasteiger partial charge in [-0.2, -0.15) is 11.8 Å². The third-order valence-electron chi connectivity index (χ3n) is 2.85. The summed E-state index contributed by atoms with van der Waals surface area (Å²) in [6.07, 6.45) is 2.71. The fourth-order valence-electron chi connectivity index (χ4n) is 1.78. The monoisotopic (exact) mass is 302 g/mol. The molecule has 0 aliphatic carbocycles. The van der Waals surface area contributed by atoms with Crippen molar-refractivity contribution in [3.05, 3.63) is 29.3 Å². The Morgan fingerprint density at radius 1 is 1.30 bits per heavy atom.